The summed E-state index contributed by atoms with van der Waals surface area (Å²) in [7, 11) is 0. The minimum Gasteiger partial charge on any atom is -0.192 e. The van der Waals surface area contributed by atoms with Crippen LogP contribution in [0.5, 0.6) is 0 Å². The number of nitriles is 2. The molecular weight excluding hydrogens is 677 g/mol. The molecule has 0 aliphatic rings. The van der Waals surface area contributed by atoms with Crippen LogP contribution in [0.15, 0.2) is 170 Å². The molecule has 0 fully saturated rings. The van der Waals surface area contributed by atoms with Crippen molar-refractivity contribution in [2.24, 2.45) is 0 Å². The first kappa shape index (κ1) is 30.7. The predicted octanol–water partition coefficient (Wildman–Crippen LogP) is 14.5. The number of rotatable bonds is 3. The molecule has 0 aliphatic carbocycles. The van der Waals surface area contributed by atoms with E-state index in [-0.39, 0.29) is 0 Å². The highest BCUT2D eigenvalue weighted by Gasteiger charge is 2.27. The molecule has 254 valence electrons. The van der Waals surface area contributed by atoms with Crippen LogP contribution < -0.4 is 0 Å². The standard InChI is InChI=1S/C54H28N2/c55-29-31-15-19-34(20-16-31)48-47-28-46-40-10-4-3-9-39(40)42-12-6-13-43(51(42)46)52(47)49(35-21-17-32(30-56)18-22-35)54-44-14-5-11-41-38(25-26-45(50(41)44)53(48)54)37-24-23-33-7-1-2-8-36(33)27-37/h1-28H. The van der Waals surface area contributed by atoms with E-state index in [1.54, 1.807) is 0 Å². The zero-order chi connectivity index (χ0) is 37.1. The van der Waals surface area contributed by atoms with Crippen molar-refractivity contribution in [2.45, 2.75) is 0 Å². The Hall–Kier alpha value is -7.78. The Balaban J connectivity index is 1.34. The van der Waals surface area contributed by atoms with E-state index < -0.39 is 0 Å². The van der Waals surface area contributed by atoms with Gasteiger partial charge in [0.05, 0.1) is 23.3 Å². The van der Waals surface area contributed by atoms with Crippen LogP contribution in [-0.2, 0) is 0 Å². The molecule has 0 unspecified atom stereocenters. The zero-order valence-electron chi connectivity index (χ0n) is 30.1. The maximum Gasteiger partial charge on any atom is 0.0991 e. The molecular formula is C54H28N2. The summed E-state index contributed by atoms with van der Waals surface area (Å²) in [4.78, 5) is 0. The maximum absolute atomic E-state index is 9.85. The molecule has 0 atom stereocenters. The Morgan fingerprint density at radius 1 is 0.286 bits per heavy atom. The van der Waals surface area contributed by atoms with E-state index in [0.717, 1.165) is 11.1 Å². The second-order valence-electron chi connectivity index (χ2n) is 14.9. The summed E-state index contributed by atoms with van der Waals surface area (Å²) in [5, 5.41) is 39.3. The first-order valence-electron chi connectivity index (χ1n) is 19.0. The maximum atomic E-state index is 9.85. The van der Waals surface area contributed by atoms with E-state index >= 15 is 0 Å². The van der Waals surface area contributed by atoms with Crippen molar-refractivity contribution >= 4 is 86.2 Å². The van der Waals surface area contributed by atoms with Crippen molar-refractivity contribution < 1.29 is 0 Å². The average molecular weight is 705 g/mol. The van der Waals surface area contributed by atoms with Crippen LogP contribution in [0.4, 0.5) is 0 Å². The summed E-state index contributed by atoms with van der Waals surface area (Å²) in [6, 6.07) is 65.6. The van der Waals surface area contributed by atoms with Crippen LogP contribution >= 0.6 is 0 Å². The fourth-order valence-corrected chi connectivity index (χ4v) is 9.83. The number of benzene rings is 10. The summed E-state index contributed by atoms with van der Waals surface area (Å²) in [5.41, 5.74) is 8.16. The minimum atomic E-state index is 0.636. The van der Waals surface area contributed by atoms with Crippen molar-refractivity contribution in [1.29, 1.82) is 10.5 Å². The predicted molar refractivity (Wildman–Crippen MR) is 235 cm³/mol. The van der Waals surface area contributed by atoms with E-state index in [9.17, 15) is 10.5 Å². The van der Waals surface area contributed by atoms with Crippen LogP contribution in [0.25, 0.3) is 120 Å². The highest BCUT2D eigenvalue weighted by atomic mass is 14.3. The SMILES string of the molecule is N#Cc1ccc(-c2c3cc4c5ccccc5c5cccc(c3c(-c3ccc(C#N)cc3)c3c6cccc7c(-c8ccc9ccccc9c8)ccc(c23)c76)c54)cc1. The lowest BCUT2D eigenvalue weighted by atomic mass is 9.83. The third-order valence-electron chi connectivity index (χ3n) is 12.2. The van der Waals surface area contributed by atoms with Gasteiger partial charge in [-0.25, -0.2) is 0 Å². The Kier molecular flexibility index (Phi) is 6.22. The summed E-state index contributed by atoms with van der Waals surface area (Å²) in [6.45, 7) is 0. The van der Waals surface area contributed by atoms with Crippen molar-refractivity contribution in [3.63, 3.8) is 0 Å². The van der Waals surface area contributed by atoms with E-state index in [1.807, 2.05) is 24.3 Å². The van der Waals surface area contributed by atoms with Gasteiger partial charge in [-0.3, -0.25) is 0 Å². The molecule has 0 N–H and O–H groups in total. The molecule has 0 radical (unpaired) electrons. The molecule has 12 aromatic rings. The van der Waals surface area contributed by atoms with E-state index in [1.165, 1.54) is 108 Å². The second kappa shape index (κ2) is 11.4. The molecule has 0 bridgehead atoms. The molecule has 0 spiro atoms. The van der Waals surface area contributed by atoms with Crippen LogP contribution in [0.2, 0.25) is 0 Å². The van der Waals surface area contributed by atoms with Crippen molar-refractivity contribution in [2.75, 3.05) is 0 Å². The molecule has 12 aromatic carbocycles. The lowest BCUT2D eigenvalue weighted by molar-refractivity contribution is 1.48. The third-order valence-corrected chi connectivity index (χ3v) is 12.2. The zero-order valence-corrected chi connectivity index (χ0v) is 30.1. The molecule has 56 heavy (non-hydrogen) atoms. The molecule has 0 heterocycles. The van der Waals surface area contributed by atoms with Crippen molar-refractivity contribution in [1.82, 2.24) is 0 Å². The molecule has 2 heteroatoms. The monoisotopic (exact) mass is 704 g/mol. The third kappa shape index (κ3) is 4.08. The van der Waals surface area contributed by atoms with Crippen molar-refractivity contribution in [3.05, 3.63) is 181 Å². The van der Waals surface area contributed by atoms with Crippen LogP contribution in [0.1, 0.15) is 11.1 Å². The van der Waals surface area contributed by atoms with Gasteiger partial charge in [-0.1, -0.05) is 133 Å². The molecule has 0 amide bonds. The molecule has 0 saturated carbocycles. The van der Waals surface area contributed by atoms with Gasteiger partial charge in [-0.05, 0) is 156 Å². The molecule has 0 aromatic heterocycles. The summed E-state index contributed by atoms with van der Waals surface area (Å²) in [5.74, 6) is 0. The van der Waals surface area contributed by atoms with Gasteiger partial charge in [0, 0.05) is 0 Å². The molecule has 0 saturated heterocycles. The van der Waals surface area contributed by atoms with Crippen LogP contribution in [0.3, 0.4) is 0 Å². The molecule has 0 aliphatic heterocycles. The van der Waals surface area contributed by atoms with Gasteiger partial charge < -0.3 is 0 Å². The minimum absolute atomic E-state index is 0.636. The number of nitrogens with zero attached hydrogens (tertiary/aromatic N) is 2. The Morgan fingerprint density at radius 2 is 0.804 bits per heavy atom. The highest BCUT2D eigenvalue weighted by Crippen LogP contribution is 2.55. The highest BCUT2D eigenvalue weighted by molar-refractivity contribution is 6.45. The molecule has 2 nitrogen and oxygen atoms in total. The van der Waals surface area contributed by atoms with Crippen LogP contribution in [0, 0.1) is 22.7 Å². The van der Waals surface area contributed by atoms with E-state index in [0.29, 0.717) is 11.1 Å². The number of hydrogen-bond acceptors (Lipinski definition) is 2. The topological polar surface area (TPSA) is 47.6 Å². The molecule has 12 rings (SSSR count). The lowest BCUT2D eigenvalue weighted by Gasteiger charge is -2.19. The van der Waals surface area contributed by atoms with Gasteiger partial charge in [-0.15, -0.1) is 0 Å². The van der Waals surface area contributed by atoms with E-state index in [4.69, 9.17) is 0 Å². The van der Waals surface area contributed by atoms with Crippen molar-refractivity contribution in [3.8, 4) is 45.5 Å². The smallest absolute Gasteiger partial charge is 0.0991 e. The van der Waals surface area contributed by atoms with Gasteiger partial charge in [0.25, 0.3) is 0 Å². The fourth-order valence-electron chi connectivity index (χ4n) is 9.83. The normalized spacial score (nSPS) is 11.9. The quantitative estimate of drug-likeness (QED) is 0.172. The lowest BCUT2D eigenvalue weighted by Crippen LogP contribution is -1.91. The number of hydrogen-bond donors (Lipinski definition) is 0. The summed E-state index contributed by atoms with van der Waals surface area (Å²) < 4.78 is 0. The number of fused-ring (bicyclic) bond motifs is 9. The first-order chi connectivity index (χ1) is 27.7. The average Bonchev–Trinajstić information content (AvgIpc) is 3.77. The van der Waals surface area contributed by atoms with Gasteiger partial charge in [0.1, 0.15) is 0 Å². The fraction of sp³-hybridized carbons (Fsp3) is 0. The van der Waals surface area contributed by atoms with Crippen LogP contribution in [-0.4, -0.2) is 0 Å². The Labute approximate surface area is 322 Å². The van der Waals surface area contributed by atoms with Gasteiger partial charge >= 0.3 is 0 Å². The first-order valence-corrected chi connectivity index (χ1v) is 19.0. The van der Waals surface area contributed by atoms with Gasteiger partial charge in [0.2, 0.25) is 0 Å². The second-order valence-corrected chi connectivity index (χ2v) is 14.9. The largest absolute Gasteiger partial charge is 0.192 e. The Bertz CT molecular complexity index is 3690. The Morgan fingerprint density at radius 3 is 1.52 bits per heavy atom. The van der Waals surface area contributed by atoms with Gasteiger partial charge in [-0.2, -0.15) is 10.5 Å². The van der Waals surface area contributed by atoms with E-state index in [2.05, 4.69) is 158 Å². The van der Waals surface area contributed by atoms with Gasteiger partial charge in [0.15, 0.2) is 0 Å². The summed E-state index contributed by atoms with van der Waals surface area (Å²) in [6.07, 6.45) is 0. The summed E-state index contributed by atoms with van der Waals surface area (Å²) >= 11 is 0.